The van der Waals surface area contributed by atoms with Gasteiger partial charge in [-0.15, -0.1) is 0 Å². The minimum atomic E-state index is -0.553. The molecular formula is C15H16FN2O2. The zero-order chi connectivity index (χ0) is 14.7. The second kappa shape index (κ2) is 5.86. The maximum atomic E-state index is 14.1. The van der Waals surface area contributed by atoms with Gasteiger partial charge >= 0.3 is 5.97 Å². The Balaban J connectivity index is 2.29. The Morgan fingerprint density at radius 3 is 2.75 bits per heavy atom. The van der Waals surface area contributed by atoms with Gasteiger partial charge in [-0.05, 0) is 18.1 Å². The standard InChI is InChI=1S/C15H16FN2O2/c1-10(2)8-18-9-12(7-17-18)13-5-4-11(6-14(13)16)15(19)20-3/h4-7,9H,8H2,1-3H3. The lowest BCUT2D eigenvalue weighted by Crippen LogP contribution is -2.02. The molecule has 0 atom stereocenters. The molecule has 0 N–H and O–H groups in total. The van der Waals surface area contributed by atoms with Crippen LogP contribution in [0.15, 0.2) is 30.6 Å². The molecule has 0 fully saturated rings. The van der Waals surface area contributed by atoms with Crippen LogP contribution in [-0.4, -0.2) is 22.9 Å². The van der Waals surface area contributed by atoms with E-state index >= 15 is 0 Å². The summed E-state index contributed by atoms with van der Waals surface area (Å²) in [5, 5.41) is 4.19. The van der Waals surface area contributed by atoms with E-state index in [0.717, 1.165) is 0 Å². The Morgan fingerprint density at radius 1 is 1.40 bits per heavy atom. The molecule has 2 rings (SSSR count). The van der Waals surface area contributed by atoms with Crippen molar-refractivity contribution >= 4 is 5.97 Å². The minimum absolute atomic E-state index is 0.193. The minimum Gasteiger partial charge on any atom is -0.465 e. The largest absolute Gasteiger partial charge is 0.465 e. The highest BCUT2D eigenvalue weighted by Gasteiger charge is 2.12. The predicted molar refractivity (Wildman–Crippen MR) is 73.6 cm³/mol. The van der Waals surface area contributed by atoms with E-state index in [4.69, 9.17) is 0 Å². The molecule has 1 aromatic heterocycles. The first-order valence-electron chi connectivity index (χ1n) is 6.21. The van der Waals surface area contributed by atoms with Gasteiger partial charge in [0.05, 0.1) is 18.9 Å². The molecule has 0 unspecified atom stereocenters. The van der Waals surface area contributed by atoms with E-state index in [-0.39, 0.29) is 5.56 Å². The lowest BCUT2D eigenvalue weighted by molar-refractivity contribution is 0.0600. The number of esters is 1. The zero-order valence-corrected chi connectivity index (χ0v) is 11.7. The fourth-order valence-corrected chi connectivity index (χ4v) is 1.91. The van der Waals surface area contributed by atoms with Gasteiger partial charge in [-0.3, -0.25) is 4.68 Å². The molecule has 5 heteroatoms. The third-order valence-electron chi connectivity index (χ3n) is 2.81. The smallest absolute Gasteiger partial charge is 0.337 e. The summed E-state index contributed by atoms with van der Waals surface area (Å²) in [7, 11) is 1.27. The third-order valence-corrected chi connectivity index (χ3v) is 2.81. The number of ether oxygens (including phenoxy) is 1. The number of nitrogens with zero attached hydrogens (tertiary/aromatic N) is 2. The van der Waals surface area contributed by atoms with Crippen LogP contribution >= 0.6 is 0 Å². The van der Waals surface area contributed by atoms with Gasteiger partial charge in [-0.2, -0.15) is 5.10 Å². The summed E-state index contributed by atoms with van der Waals surface area (Å²) >= 11 is 0. The van der Waals surface area contributed by atoms with Crippen LogP contribution in [0.3, 0.4) is 0 Å². The molecule has 105 valence electrons. The van der Waals surface area contributed by atoms with Gasteiger partial charge in [0.25, 0.3) is 0 Å². The van der Waals surface area contributed by atoms with E-state index in [1.807, 2.05) is 13.8 Å². The predicted octanol–water partition coefficient (Wildman–Crippen LogP) is 3.09. The second-order valence-electron chi connectivity index (χ2n) is 4.82. The van der Waals surface area contributed by atoms with E-state index in [9.17, 15) is 9.18 Å². The summed E-state index contributed by atoms with van der Waals surface area (Å²) in [6.07, 6.45) is 3.39. The van der Waals surface area contributed by atoms with Crippen LogP contribution in [0.1, 0.15) is 24.2 Å². The number of hydrogen-bond acceptors (Lipinski definition) is 3. The third kappa shape index (κ3) is 3.04. The van der Waals surface area contributed by atoms with Crippen molar-refractivity contribution < 1.29 is 13.9 Å². The number of rotatable bonds is 4. The van der Waals surface area contributed by atoms with Gasteiger partial charge in [0.2, 0.25) is 0 Å². The number of carbonyl (C=O) groups is 1. The van der Waals surface area contributed by atoms with Crippen molar-refractivity contribution in [2.75, 3.05) is 7.11 Å². The van der Waals surface area contributed by atoms with Crippen molar-refractivity contribution in [3.05, 3.63) is 47.9 Å². The molecule has 0 saturated heterocycles. The average Bonchev–Trinajstić information content (AvgIpc) is 2.85. The molecule has 0 bridgehead atoms. The van der Waals surface area contributed by atoms with E-state index < -0.39 is 11.8 Å². The van der Waals surface area contributed by atoms with Crippen LogP contribution in [0.4, 0.5) is 4.39 Å². The molecule has 0 aliphatic carbocycles. The Kier molecular flexibility index (Phi) is 4.17. The van der Waals surface area contributed by atoms with Gasteiger partial charge in [-0.1, -0.05) is 19.9 Å². The van der Waals surface area contributed by atoms with Crippen LogP contribution in [0, 0.1) is 11.7 Å². The van der Waals surface area contributed by atoms with Gasteiger partial charge in [0.1, 0.15) is 5.82 Å². The van der Waals surface area contributed by atoms with Crippen molar-refractivity contribution in [3.63, 3.8) is 0 Å². The van der Waals surface area contributed by atoms with E-state index in [2.05, 4.69) is 9.84 Å². The fourth-order valence-electron chi connectivity index (χ4n) is 1.91. The van der Waals surface area contributed by atoms with Gasteiger partial charge in [-0.25, -0.2) is 9.18 Å². The van der Waals surface area contributed by atoms with Crippen molar-refractivity contribution in [2.24, 2.45) is 0 Å². The van der Waals surface area contributed by atoms with Crippen LogP contribution < -0.4 is 0 Å². The molecule has 0 amide bonds. The maximum absolute atomic E-state index is 14.1. The fraction of sp³-hybridized carbons (Fsp3) is 0.267. The molecule has 0 aliphatic heterocycles. The summed E-state index contributed by atoms with van der Waals surface area (Å²) in [4.78, 5) is 11.3. The first-order chi connectivity index (χ1) is 9.51. The van der Waals surface area contributed by atoms with Gasteiger partial charge in [0.15, 0.2) is 0 Å². The van der Waals surface area contributed by atoms with Gasteiger partial charge < -0.3 is 4.74 Å². The molecule has 0 aliphatic rings. The molecule has 2 aromatic rings. The van der Waals surface area contributed by atoms with E-state index in [0.29, 0.717) is 17.7 Å². The van der Waals surface area contributed by atoms with E-state index in [1.54, 1.807) is 29.2 Å². The Morgan fingerprint density at radius 2 is 2.15 bits per heavy atom. The molecule has 0 spiro atoms. The van der Waals surface area contributed by atoms with Crippen molar-refractivity contribution in [3.8, 4) is 11.1 Å². The highest BCUT2D eigenvalue weighted by atomic mass is 19.1. The van der Waals surface area contributed by atoms with Crippen molar-refractivity contribution in [1.82, 2.24) is 9.78 Å². The SMILES string of the molecule is COC(=O)c1ccc(-c2cnn(C[C](C)C)c2)c(F)c1. The first-order valence-corrected chi connectivity index (χ1v) is 6.21. The molecule has 1 radical (unpaired) electrons. The van der Waals surface area contributed by atoms with Crippen LogP contribution in [0.2, 0.25) is 0 Å². The summed E-state index contributed by atoms with van der Waals surface area (Å²) in [6.45, 7) is 4.71. The summed E-state index contributed by atoms with van der Waals surface area (Å²) in [5.41, 5.74) is 1.29. The van der Waals surface area contributed by atoms with Crippen LogP contribution in [0.5, 0.6) is 0 Å². The quantitative estimate of drug-likeness (QED) is 0.805. The monoisotopic (exact) mass is 275 g/mol. The second-order valence-corrected chi connectivity index (χ2v) is 4.82. The summed E-state index contributed by atoms with van der Waals surface area (Å²) < 4.78 is 20.4. The molecule has 1 heterocycles. The summed E-state index contributed by atoms with van der Waals surface area (Å²) in [5.74, 6) is 0.188. The lowest BCUT2D eigenvalue weighted by atomic mass is 10.1. The highest BCUT2D eigenvalue weighted by Crippen LogP contribution is 2.23. The Hall–Kier alpha value is -2.17. The number of methoxy groups -OCH3 is 1. The molecule has 20 heavy (non-hydrogen) atoms. The molecule has 0 saturated carbocycles. The first kappa shape index (κ1) is 14.2. The number of hydrogen-bond donors (Lipinski definition) is 0. The number of aromatic nitrogens is 2. The zero-order valence-electron chi connectivity index (χ0n) is 11.7. The lowest BCUT2D eigenvalue weighted by Gasteiger charge is -2.04. The topological polar surface area (TPSA) is 44.1 Å². The molecule has 4 nitrogen and oxygen atoms in total. The highest BCUT2D eigenvalue weighted by molar-refractivity contribution is 5.90. The number of benzene rings is 1. The average molecular weight is 275 g/mol. The van der Waals surface area contributed by atoms with E-state index in [1.165, 1.54) is 19.1 Å². The molecule has 1 aromatic carbocycles. The molecular weight excluding hydrogens is 259 g/mol. The maximum Gasteiger partial charge on any atom is 0.337 e. The Labute approximate surface area is 117 Å². The summed E-state index contributed by atoms with van der Waals surface area (Å²) in [6, 6.07) is 4.28. The Bertz CT molecular complexity index is 620. The van der Waals surface area contributed by atoms with Crippen molar-refractivity contribution in [2.45, 2.75) is 20.4 Å². The van der Waals surface area contributed by atoms with Crippen LogP contribution in [-0.2, 0) is 11.3 Å². The normalized spacial score (nSPS) is 10.8. The number of halogens is 1. The van der Waals surface area contributed by atoms with Crippen LogP contribution in [0.25, 0.3) is 11.1 Å². The van der Waals surface area contributed by atoms with Gasteiger partial charge in [0, 0.05) is 23.9 Å². The number of carbonyl (C=O) groups excluding carboxylic acids is 1. The van der Waals surface area contributed by atoms with Crippen molar-refractivity contribution in [1.29, 1.82) is 0 Å².